The number of hydrogen-bond donors (Lipinski definition) is 1. The number of amides is 1. The van der Waals surface area contributed by atoms with Gasteiger partial charge in [-0.1, -0.05) is 12.1 Å². The second kappa shape index (κ2) is 7.45. The summed E-state index contributed by atoms with van der Waals surface area (Å²) in [5, 5.41) is 2.51. The van der Waals surface area contributed by atoms with E-state index in [0.29, 0.717) is 5.69 Å². The maximum Gasteiger partial charge on any atom is 0.416 e. The predicted molar refractivity (Wildman–Crippen MR) is 90.1 cm³/mol. The number of aromatic nitrogens is 1. The largest absolute Gasteiger partial charge is 0.436 e. The Balaban J connectivity index is 1.66. The molecule has 1 N–H and O–H groups in total. The molecule has 8 heteroatoms. The van der Waals surface area contributed by atoms with Crippen molar-refractivity contribution in [2.75, 3.05) is 5.32 Å². The molecule has 0 aliphatic carbocycles. The van der Waals surface area contributed by atoms with E-state index in [1.807, 2.05) is 0 Å². The second-order valence-corrected chi connectivity index (χ2v) is 5.45. The summed E-state index contributed by atoms with van der Waals surface area (Å²) in [5.74, 6) is -1.01. The Labute approximate surface area is 151 Å². The van der Waals surface area contributed by atoms with Gasteiger partial charge in [-0.3, -0.25) is 4.79 Å². The maximum atomic E-state index is 13.5. The molecule has 1 aromatic heterocycles. The number of alkyl halides is 3. The SMILES string of the molecule is O=C(Nc1ccc(Oc2ccccc2F)nc1)c1ccc(C(F)(F)F)cc1. The van der Waals surface area contributed by atoms with Gasteiger partial charge in [-0.05, 0) is 42.5 Å². The summed E-state index contributed by atoms with van der Waals surface area (Å²) in [7, 11) is 0. The van der Waals surface area contributed by atoms with Crippen molar-refractivity contribution in [3.63, 3.8) is 0 Å². The van der Waals surface area contributed by atoms with E-state index in [1.54, 1.807) is 6.07 Å². The number of rotatable bonds is 4. The van der Waals surface area contributed by atoms with Crippen molar-refractivity contribution in [1.82, 2.24) is 4.98 Å². The standard InChI is InChI=1S/C19H12F4N2O2/c20-15-3-1-2-4-16(15)27-17-10-9-14(11-24-17)25-18(26)12-5-7-13(8-6-12)19(21,22)23/h1-11H,(H,25,26). The monoisotopic (exact) mass is 376 g/mol. The smallest absolute Gasteiger partial charge is 0.416 e. The first-order valence-electron chi connectivity index (χ1n) is 7.70. The van der Waals surface area contributed by atoms with Crippen molar-refractivity contribution in [3.05, 3.63) is 83.8 Å². The van der Waals surface area contributed by atoms with Crippen LogP contribution in [-0.4, -0.2) is 10.9 Å². The van der Waals surface area contributed by atoms with Gasteiger partial charge >= 0.3 is 6.18 Å². The number of nitrogens with zero attached hydrogens (tertiary/aromatic N) is 1. The number of anilines is 1. The van der Waals surface area contributed by atoms with Crippen LogP contribution in [0.4, 0.5) is 23.2 Å². The average molecular weight is 376 g/mol. The molecule has 138 valence electrons. The van der Waals surface area contributed by atoms with Gasteiger partial charge in [0, 0.05) is 11.6 Å². The lowest BCUT2D eigenvalue weighted by atomic mass is 10.1. The normalized spacial score (nSPS) is 11.1. The van der Waals surface area contributed by atoms with Gasteiger partial charge < -0.3 is 10.1 Å². The lowest BCUT2D eigenvalue weighted by Crippen LogP contribution is -2.13. The molecular weight excluding hydrogens is 364 g/mol. The van der Waals surface area contributed by atoms with Gasteiger partial charge in [-0.15, -0.1) is 0 Å². The van der Waals surface area contributed by atoms with Crippen molar-refractivity contribution >= 4 is 11.6 Å². The minimum absolute atomic E-state index is 0.00606. The van der Waals surface area contributed by atoms with E-state index >= 15 is 0 Å². The molecule has 1 amide bonds. The van der Waals surface area contributed by atoms with Gasteiger partial charge in [0.25, 0.3) is 5.91 Å². The summed E-state index contributed by atoms with van der Waals surface area (Å²) in [6.07, 6.45) is -3.18. The number of carbonyl (C=O) groups is 1. The van der Waals surface area contributed by atoms with Crippen LogP contribution in [0.3, 0.4) is 0 Å². The highest BCUT2D eigenvalue weighted by atomic mass is 19.4. The molecule has 27 heavy (non-hydrogen) atoms. The van der Waals surface area contributed by atoms with Crippen LogP contribution in [0.5, 0.6) is 11.6 Å². The number of pyridine rings is 1. The fourth-order valence-corrected chi connectivity index (χ4v) is 2.17. The van der Waals surface area contributed by atoms with Crippen molar-refractivity contribution in [2.24, 2.45) is 0 Å². The Morgan fingerprint density at radius 2 is 1.67 bits per heavy atom. The number of para-hydroxylation sites is 1. The zero-order valence-electron chi connectivity index (χ0n) is 13.6. The first kappa shape index (κ1) is 18.4. The predicted octanol–water partition coefficient (Wildman–Crippen LogP) is 5.28. The average Bonchev–Trinajstić information content (AvgIpc) is 2.64. The summed E-state index contributed by atoms with van der Waals surface area (Å²) in [5.41, 5.74) is -0.467. The van der Waals surface area contributed by atoms with Gasteiger partial charge in [0.15, 0.2) is 11.6 Å². The third kappa shape index (κ3) is 4.60. The van der Waals surface area contributed by atoms with E-state index in [2.05, 4.69) is 10.3 Å². The quantitative estimate of drug-likeness (QED) is 0.630. The van der Waals surface area contributed by atoms with Crippen LogP contribution in [0.2, 0.25) is 0 Å². The minimum atomic E-state index is -4.47. The van der Waals surface area contributed by atoms with Crippen molar-refractivity contribution < 1.29 is 27.1 Å². The molecule has 0 aliphatic rings. The minimum Gasteiger partial charge on any atom is -0.436 e. The summed E-state index contributed by atoms with van der Waals surface area (Å²) in [6, 6.07) is 12.6. The van der Waals surface area contributed by atoms with Gasteiger partial charge in [-0.25, -0.2) is 9.37 Å². The van der Waals surface area contributed by atoms with Crippen molar-refractivity contribution in [2.45, 2.75) is 6.18 Å². The van der Waals surface area contributed by atoms with Crippen LogP contribution in [0, 0.1) is 5.82 Å². The molecular formula is C19H12F4N2O2. The first-order valence-corrected chi connectivity index (χ1v) is 7.70. The number of carbonyl (C=O) groups excluding carboxylic acids is 1. The van der Waals surface area contributed by atoms with E-state index < -0.39 is 23.5 Å². The molecule has 0 aliphatic heterocycles. The molecule has 0 bridgehead atoms. The zero-order valence-corrected chi connectivity index (χ0v) is 13.6. The molecule has 0 spiro atoms. The molecule has 0 saturated heterocycles. The zero-order chi connectivity index (χ0) is 19.4. The molecule has 0 saturated carbocycles. The molecule has 0 unspecified atom stereocenters. The molecule has 3 rings (SSSR count). The number of hydrogen-bond acceptors (Lipinski definition) is 3. The van der Waals surface area contributed by atoms with Gasteiger partial charge in [-0.2, -0.15) is 13.2 Å². The number of nitrogens with one attached hydrogen (secondary N) is 1. The summed E-state index contributed by atoms with van der Waals surface area (Å²) in [6.45, 7) is 0. The van der Waals surface area contributed by atoms with E-state index in [0.717, 1.165) is 24.3 Å². The molecule has 0 atom stereocenters. The van der Waals surface area contributed by atoms with E-state index in [-0.39, 0.29) is 17.2 Å². The van der Waals surface area contributed by atoms with E-state index in [1.165, 1.54) is 36.5 Å². The molecule has 1 heterocycles. The van der Waals surface area contributed by atoms with Crippen molar-refractivity contribution in [1.29, 1.82) is 0 Å². The Kier molecular flexibility index (Phi) is 5.07. The number of halogens is 4. The molecule has 2 aromatic carbocycles. The number of ether oxygens (including phenoxy) is 1. The summed E-state index contributed by atoms with van der Waals surface area (Å²) < 4.78 is 56.5. The fourth-order valence-electron chi connectivity index (χ4n) is 2.17. The molecule has 0 radical (unpaired) electrons. The maximum absolute atomic E-state index is 13.5. The lowest BCUT2D eigenvalue weighted by Gasteiger charge is -2.09. The van der Waals surface area contributed by atoms with Crippen LogP contribution >= 0.6 is 0 Å². The van der Waals surface area contributed by atoms with Gasteiger partial charge in [0.1, 0.15) is 0 Å². The Hall–Kier alpha value is -3.42. The van der Waals surface area contributed by atoms with Crippen LogP contribution in [0.25, 0.3) is 0 Å². The fraction of sp³-hybridized carbons (Fsp3) is 0.0526. The highest BCUT2D eigenvalue weighted by Gasteiger charge is 2.30. The highest BCUT2D eigenvalue weighted by Crippen LogP contribution is 2.29. The summed E-state index contributed by atoms with van der Waals surface area (Å²) in [4.78, 5) is 16.1. The van der Waals surface area contributed by atoms with Crippen LogP contribution in [-0.2, 0) is 6.18 Å². The van der Waals surface area contributed by atoms with Gasteiger partial charge in [0.2, 0.25) is 5.88 Å². The second-order valence-electron chi connectivity index (χ2n) is 5.45. The van der Waals surface area contributed by atoms with E-state index in [4.69, 9.17) is 4.74 Å². The van der Waals surface area contributed by atoms with E-state index in [9.17, 15) is 22.4 Å². The first-order chi connectivity index (χ1) is 12.8. The molecule has 3 aromatic rings. The van der Waals surface area contributed by atoms with Gasteiger partial charge in [0.05, 0.1) is 17.4 Å². The Morgan fingerprint density at radius 1 is 0.963 bits per heavy atom. The molecule has 4 nitrogen and oxygen atoms in total. The number of benzene rings is 2. The summed E-state index contributed by atoms with van der Waals surface area (Å²) >= 11 is 0. The topological polar surface area (TPSA) is 51.2 Å². The Morgan fingerprint density at radius 3 is 2.26 bits per heavy atom. The third-order valence-electron chi connectivity index (χ3n) is 3.52. The van der Waals surface area contributed by atoms with Crippen LogP contribution in [0.15, 0.2) is 66.9 Å². The molecule has 0 fully saturated rings. The van der Waals surface area contributed by atoms with Crippen LogP contribution < -0.4 is 10.1 Å². The lowest BCUT2D eigenvalue weighted by molar-refractivity contribution is -0.137. The highest BCUT2D eigenvalue weighted by molar-refractivity contribution is 6.04. The van der Waals surface area contributed by atoms with Crippen LogP contribution in [0.1, 0.15) is 15.9 Å². The van der Waals surface area contributed by atoms with Crippen molar-refractivity contribution in [3.8, 4) is 11.6 Å². The third-order valence-corrected chi connectivity index (χ3v) is 3.52. The Bertz CT molecular complexity index is 939.